The summed E-state index contributed by atoms with van der Waals surface area (Å²) >= 11 is 0. The van der Waals surface area contributed by atoms with E-state index in [0.29, 0.717) is 25.1 Å². The van der Waals surface area contributed by atoms with Gasteiger partial charge in [0.1, 0.15) is 11.6 Å². The maximum absolute atomic E-state index is 12.9. The van der Waals surface area contributed by atoms with Gasteiger partial charge >= 0.3 is 13.2 Å². The van der Waals surface area contributed by atoms with Crippen molar-refractivity contribution in [3.8, 4) is 0 Å². The molecule has 1 aromatic rings. The van der Waals surface area contributed by atoms with Gasteiger partial charge < -0.3 is 29.2 Å². The lowest BCUT2D eigenvalue weighted by Crippen LogP contribution is -2.53. The van der Waals surface area contributed by atoms with E-state index in [1.165, 1.54) is 0 Å². The van der Waals surface area contributed by atoms with E-state index in [2.05, 4.69) is 10.2 Å². The fourth-order valence-electron chi connectivity index (χ4n) is 4.73. The van der Waals surface area contributed by atoms with Gasteiger partial charge in [-0.3, -0.25) is 4.79 Å². The van der Waals surface area contributed by atoms with Gasteiger partial charge in [0.2, 0.25) is 11.9 Å². The second-order valence-electron chi connectivity index (χ2n) is 12.5. The van der Waals surface area contributed by atoms with E-state index in [9.17, 15) is 9.59 Å². The molecular formula is C26H42BN5O5. The Balaban J connectivity index is 1.34. The minimum atomic E-state index is -0.642. The van der Waals surface area contributed by atoms with Crippen molar-refractivity contribution in [1.82, 2.24) is 20.2 Å². The van der Waals surface area contributed by atoms with Gasteiger partial charge in [0.05, 0.1) is 11.2 Å². The summed E-state index contributed by atoms with van der Waals surface area (Å²) in [6.45, 7) is 16.5. The zero-order chi connectivity index (χ0) is 27.2. The van der Waals surface area contributed by atoms with Crippen molar-refractivity contribution < 1.29 is 23.6 Å². The molecule has 1 aromatic heterocycles. The molecule has 3 fully saturated rings. The molecule has 204 valence electrons. The average molecular weight is 515 g/mol. The number of aromatic nitrogens is 2. The number of ether oxygens (including phenoxy) is 1. The zero-order valence-electron chi connectivity index (χ0n) is 23.5. The van der Waals surface area contributed by atoms with Gasteiger partial charge in [-0.05, 0) is 81.1 Å². The maximum Gasteiger partial charge on any atom is 0.498 e. The van der Waals surface area contributed by atoms with E-state index in [-0.39, 0.29) is 11.9 Å². The van der Waals surface area contributed by atoms with E-state index in [1.54, 1.807) is 27.7 Å². The Hall–Kier alpha value is -2.40. The van der Waals surface area contributed by atoms with Gasteiger partial charge in [-0.1, -0.05) is 0 Å². The SMILES string of the molecule is C[C@H](NC(=O)OC(C)(C)C)C(=O)N1CCC(N(c2ncc(B3OC(C)(C)C(C)(C)O3)cn2)C2CC2)CC1. The lowest BCUT2D eigenvalue weighted by molar-refractivity contribution is -0.134. The van der Waals surface area contributed by atoms with Crippen LogP contribution in [-0.2, 0) is 18.8 Å². The Kier molecular flexibility index (Phi) is 7.51. The lowest BCUT2D eigenvalue weighted by Gasteiger charge is -2.39. The molecule has 0 bridgehead atoms. The number of hydrogen-bond donors (Lipinski definition) is 1. The number of amides is 2. The summed E-state index contributed by atoms with van der Waals surface area (Å²) in [5, 5.41) is 2.66. The molecule has 10 nitrogen and oxygen atoms in total. The highest BCUT2D eigenvalue weighted by molar-refractivity contribution is 6.61. The number of nitrogens with zero attached hydrogens (tertiary/aromatic N) is 4. The number of carbonyl (C=O) groups excluding carboxylic acids is 2. The number of rotatable bonds is 6. The standard InChI is InChI=1S/C26H42BN5O5/c1-17(30-23(34)35-24(2,3)4)21(33)31-13-11-20(12-14-31)32(19-9-10-19)22-28-15-18(16-29-22)27-36-25(5,6)26(7,8)37-27/h15-17,19-20H,9-14H2,1-8H3,(H,30,34)/t17-/m0/s1. The first-order valence-corrected chi connectivity index (χ1v) is 13.4. The number of anilines is 1. The Labute approximate surface area is 221 Å². The summed E-state index contributed by atoms with van der Waals surface area (Å²) in [6, 6.07) is 0.0490. The summed E-state index contributed by atoms with van der Waals surface area (Å²) < 4.78 is 17.6. The highest BCUT2D eigenvalue weighted by Crippen LogP contribution is 2.37. The van der Waals surface area contributed by atoms with Crippen molar-refractivity contribution in [2.75, 3.05) is 18.0 Å². The van der Waals surface area contributed by atoms with Crippen LogP contribution in [-0.4, -0.2) is 82.0 Å². The second kappa shape index (κ2) is 10.1. The van der Waals surface area contributed by atoms with Crippen molar-refractivity contribution in [1.29, 1.82) is 0 Å². The summed E-state index contributed by atoms with van der Waals surface area (Å²) in [6.07, 6.45) is 6.93. The highest BCUT2D eigenvalue weighted by atomic mass is 16.7. The number of likely N-dealkylation sites (tertiary alicyclic amines) is 1. The van der Waals surface area contributed by atoms with Gasteiger partial charge in [-0.25, -0.2) is 14.8 Å². The Morgan fingerprint density at radius 1 is 1.05 bits per heavy atom. The number of alkyl carbamates (subject to hydrolysis) is 1. The summed E-state index contributed by atoms with van der Waals surface area (Å²) in [7, 11) is -0.487. The van der Waals surface area contributed by atoms with E-state index in [0.717, 1.165) is 31.1 Å². The number of hydrogen-bond acceptors (Lipinski definition) is 8. The topological polar surface area (TPSA) is 106 Å². The van der Waals surface area contributed by atoms with E-state index < -0.39 is 36.1 Å². The Bertz CT molecular complexity index is 968. The van der Waals surface area contributed by atoms with E-state index in [4.69, 9.17) is 24.0 Å². The molecule has 3 heterocycles. The molecule has 1 aliphatic carbocycles. The molecule has 11 heteroatoms. The molecule has 4 rings (SSSR count). The normalized spacial score (nSPS) is 22.5. The minimum Gasteiger partial charge on any atom is -0.444 e. The van der Waals surface area contributed by atoms with Crippen LogP contribution in [0.1, 0.15) is 81.1 Å². The molecule has 1 atom stereocenters. The molecule has 2 amide bonds. The largest absolute Gasteiger partial charge is 0.498 e. The van der Waals surface area contributed by atoms with Gasteiger partial charge in [0.15, 0.2) is 0 Å². The summed E-state index contributed by atoms with van der Waals surface area (Å²) in [5.41, 5.74) is -0.629. The molecule has 3 aliphatic rings. The fourth-order valence-corrected chi connectivity index (χ4v) is 4.73. The molecule has 0 radical (unpaired) electrons. The third-order valence-corrected chi connectivity index (χ3v) is 7.63. The van der Waals surface area contributed by atoms with Crippen LogP contribution in [0.15, 0.2) is 12.4 Å². The summed E-state index contributed by atoms with van der Waals surface area (Å²) in [5.74, 6) is 0.623. The second-order valence-corrected chi connectivity index (χ2v) is 12.5. The highest BCUT2D eigenvalue weighted by Gasteiger charge is 2.52. The monoisotopic (exact) mass is 515 g/mol. The fraction of sp³-hybridized carbons (Fsp3) is 0.769. The first-order chi connectivity index (χ1) is 17.2. The van der Waals surface area contributed by atoms with Crippen LogP contribution in [0, 0.1) is 0 Å². The van der Waals surface area contributed by atoms with Crippen LogP contribution in [0.5, 0.6) is 0 Å². The van der Waals surface area contributed by atoms with Crippen LogP contribution >= 0.6 is 0 Å². The molecule has 37 heavy (non-hydrogen) atoms. The van der Waals surface area contributed by atoms with Gasteiger partial charge in [0.25, 0.3) is 0 Å². The van der Waals surface area contributed by atoms with Crippen molar-refractivity contribution in [2.24, 2.45) is 0 Å². The zero-order valence-corrected chi connectivity index (χ0v) is 23.5. The minimum absolute atomic E-state index is 0.0923. The first-order valence-electron chi connectivity index (χ1n) is 13.4. The van der Waals surface area contributed by atoms with Crippen molar-refractivity contribution >= 4 is 30.5 Å². The van der Waals surface area contributed by atoms with E-state index in [1.807, 2.05) is 45.0 Å². The molecular weight excluding hydrogens is 473 g/mol. The third-order valence-electron chi connectivity index (χ3n) is 7.63. The predicted molar refractivity (Wildman–Crippen MR) is 142 cm³/mol. The molecule has 0 aromatic carbocycles. The number of piperidine rings is 1. The Morgan fingerprint density at radius 2 is 1.57 bits per heavy atom. The third kappa shape index (κ3) is 6.37. The van der Waals surface area contributed by atoms with Crippen LogP contribution in [0.3, 0.4) is 0 Å². The maximum atomic E-state index is 12.9. The summed E-state index contributed by atoms with van der Waals surface area (Å²) in [4.78, 5) is 38.6. The molecule has 0 spiro atoms. The number of nitrogens with one attached hydrogen (secondary N) is 1. The quantitative estimate of drug-likeness (QED) is 0.577. The van der Waals surface area contributed by atoms with Crippen LogP contribution < -0.4 is 15.7 Å². The lowest BCUT2D eigenvalue weighted by atomic mass is 9.81. The molecule has 1 saturated carbocycles. The van der Waals surface area contributed by atoms with Gasteiger partial charge in [0, 0.05) is 43.0 Å². The van der Waals surface area contributed by atoms with Crippen LogP contribution in [0.2, 0.25) is 0 Å². The van der Waals surface area contributed by atoms with Gasteiger partial charge in [-0.2, -0.15) is 0 Å². The van der Waals surface area contributed by atoms with Crippen molar-refractivity contribution in [2.45, 2.75) is 116 Å². The van der Waals surface area contributed by atoms with Gasteiger partial charge in [-0.15, -0.1) is 0 Å². The van der Waals surface area contributed by atoms with Crippen molar-refractivity contribution in [3.05, 3.63) is 12.4 Å². The molecule has 1 N–H and O–H groups in total. The average Bonchev–Trinajstić information content (AvgIpc) is 3.59. The predicted octanol–water partition coefficient (Wildman–Crippen LogP) is 2.65. The van der Waals surface area contributed by atoms with Crippen LogP contribution in [0.25, 0.3) is 0 Å². The molecule has 2 saturated heterocycles. The van der Waals surface area contributed by atoms with Crippen molar-refractivity contribution in [3.63, 3.8) is 0 Å². The van der Waals surface area contributed by atoms with Crippen LogP contribution in [0.4, 0.5) is 10.7 Å². The first kappa shape index (κ1) is 27.6. The smallest absolute Gasteiger partial charge is 0.444 e. The van der Waals surface area contributed by atoms with E-state index >= 15 is 0 Å². The molecule has 0 unspecified atom stereocenters. The number of carbonyl (C=O) groups is 2. The molecule has 2 aliphatic heterocycles. The Morgan fingerprint density at radius 3 is 2.05 bits per heavy atom.